The molecule has 8 rings (SSSR count). The molecule has 8 nitrogen and oxygen atoms in total. The van der Waals surface area contributed by atoms with Crippen LogP contribution < -0.4 is 5.32 Å². The second-order valence-corrected chi connectivity index (χ2v) is 12.6. The number of thiazole rings is 1. The fourth-order valence-electron chi connectivity index (χ4n) is 6.60. The van der Waals surface area contributed by atoms with E-state index in [0.29, 0.717) is 29.1 Å². The van der Waals surface area contributed by atoms with Crippen LogP contribution in [-0.2, 0) is 16.1 Å². The highest BCUT2D eigenvalue weighted by atomic mass is 32.1. The van der Waals surface area contributed by atoms with E-state index in [2.05, 4.69) is 38.3 Å². The van der Waals surface area contributed by atoms with Crippen molar-refractivity contribution in [3.8, 4) is 11.1 Å². The first-order valence-electron chi connectivity index (χ1n) is 13.5. The zero-order valence-corrected chi connectivity index (χ0v) is 21.9. The smallest absolute Gasteiger partial charge is 0.229 e. The van der Waals surface area contributed by atoms with Crippen LogP contribution in [0, 0.1) is 11.8 Å². The molecular weight excluding hydrogens is 486 g/mol. The number of carbonyl (C=O) groups excluding carboxylic acids is 1. The summed E-state index contributed by atoms with van der Waals surface area (Å²) in [6.07, 6.45) is 11.8. The number of aromatic nitrogens is 3. The Labute approximate surface area is 220 Å². The Morgan fingerprint density at radius 1 is 1.19 bits per heavy atom. The largest absolute Gasteiger partial charge is 0.390 e. The van der Waals surface area contributed by atoms with Crippen LogP contribution in [0.5, 0.6) is 0 Å². The molecule has 5 saturated carbocycles. The second kappa shape index (κ2) is 9.08. The van der Waals surface area contributed by atoms with Gasteiger partial charge in [-0.3, -0.25) is 9.69 Å². The van der Waals surface area contributed by atoms with Gasteiger partial charge in [-0.05, 0) is 82.0 Å². The average molecular weight is 520 g/mol. The molecule has 5 fully saturated rings. The van der Waals surface area contributed by atoms with Crippen molar-refractivity contribution in [2.75, 3.05) is 12.4 Å². The van der Waals surface area contributed by atoms with E-state index in [1.807, 2.05) is 12.1 Å². The molecule has 2 bridgehead atoms. The van der Waals surface area contributed by atoms with Gasteiger partial charge in [0.15, 0.2) is 11.0 Å². The molecule has 1 aromatic carbocycles. The van der Waals surface area contributed by atoms with Gasteiger partial charge in [-0.2, -0.15) is 0 Å². The molecule has 3 aromatic rings. The maximum absolute atomic E-state index is 12.9. The van der Waals surface area contributed by atoms with Crippen molar-refractivity contribution in [3.05, 3.63) is 36.4 Å². The number of aliphatic hydroxyl groups excluding tert-OH is 1. The first kappa shape index (κ1) is 23.6. The Morgan fingerprint density at radius 3 is 2.65 bits per heavy atom. The Hall–Kier alpha value is -2.46. The van der Waals surface area contributed by atoms with E-state index in [1.54, 1.807) is 12.4 Å². The van der Waals surface area contributed by atoms with Crippen molar-refractivity contribution < 1.29 is 14.6 Å². The number of hydrogen-bond acceptors (Lipinski definition) is 8. The third-order valence-corrected chi connectivity index (χ3v) is 10.2. The number of rotatable bonds is 8. The molecule has 0 spiro atoms. The van der Waals surface area contributed by atoms with Gasteiger partial charge in [0.25, 0.3) is 0 Å². The molecule has 2 heterocycles. The number of nitrogens with zero attached hydrogens (tertiary/aromatic N) is 4. The van der Waals surface area contributed by atoms with Crippen LogP contribution in [0.1, 0.15) is 57.2 Å². The molecule has 194 valence electrons. The predicted octanol–water partition coefficient (Wildman–Crippen LogP) is 4.38. The van der Waals surface area contributed by atoms with E-state index in [-0.39, 0.29) is 24.0 Å². The monoisotopic (exact) mass is 519 g/mol. The van der Waals surface area contributed by atoms with E-state index in [9.17, 15) is 9.90 Å². The molecule has 1 amide bonds. The molecule has 37 heavy (non-hydrogen) atoms. The van der Waals surface area contributed by atoms with E-state index in [1.165, 1.54) is 30.6 Å². The number of benzene rings is 1. The summed E-state index contributed by atoms with van der Waals surface area (Å²) < 4.78 is 6.81. The second-order valence-electron chi connectivity index (χ2n) is 11.6. The summed E-state index contributed by atoms with van der Waals surface area (Å²) in [5.41, 5.74) is 3.27. The summed E-state index contributed by atoms with van der Waals surface area (Å²) in [6.45, 7) is 0.304. The summed E-state index contributed by atoms with van der Waals surface area (Å²) in [7, 11) is 2.26. The number of ether oxygens (including phenoxy) is 1. The van der Waals surface area contributed by atoms with Gasteiger partial charge >= 0.3 is 0 Å². The SMILES string of the molecule is CN(C1CC(C(=O)Nc2nc3ccc(-c4cnc(CO[C@H]5CCC[C@@H]5O)nc4)cc3s2)C1)C12CC(C1)C2. The van der Waals surface area contributed by atoms with Crippen LogP contribution in [0.25, 0.3) is 21.3 Å². The summed E-state index contributed by atoms with van der Waals surface area (Å²) in [4.78, 5) is 29.0. The van der Waals surface area contributed by atoms with Crippen molar-refractivity contribution >= 4 is 32.6 Å². The predicted molar refractivity (Wildman–Crippen MR) is 142 cm³/mol. The molecule has 2 aromatic heterocycles. The zero-order chi connectivity index (χ0) is 25.1. The summed E-state index contributed by atoms with van der Waals surface area (Å²) in [5.74, 6) is 1.77. The van der Waals surface area contributed by atoms with E-state index >= 15 is 0 Å². The highest BCUT2D eigenvalue weighted by Crippen LogP contribution is 2.61. The fourth-order valence-corrected chi connectivity index (χ4v) is 7.50. The van der Waals surface area contributed by atoms with Crippen molar-refractivity contribution in [1.29, 1.82) is 0 Å². The van der Waals surface area contributed by atoms with Gasteiger partial charge in [0.05, 0.1) is 22.4 Å². The number of carbonyl (C=O) groups is 1. The number of aliphatic hydroxyl groups is 1. The third-order valence-electron chi connectivity index (χ3n) is 9.29. The van der Waals surface area contributed by atoms with Crippen molar-refractivity contribution in [2.45, 2.75) is 81.8 Å². The summed E-state index contributed by atoms with van der Waals surface area (Å²) in [6, 6.07) is 6.61. The van der Waals surface area contributed by atoms with Gasteiger partial charge < -0.3 is 15.2 Å². The highest BCUT2D eigenvalue weighted by molar-refractivity contribution is 7.22. The first-order chi connectivity index (χ1) is 18.0. The quantitative estimate of drug-likeness (QED) is 0.455. The summed E-state index contributed by atoms with van der Waals surface area (Å²) in [5, 5.41) is 13.6. The van der Waals surface area contributed by atoms with Crippen LogP contribution >= 0.6 is 11.3 Å². The minimum atomic E-state index is -0.380. The molecule has 2 atom stereocenters. The molecule has 5 aliphatic carbocycles. The Morgan fingerprint density at radius 2 is 1.97 bits per heavy atom. The molecule has 9 heteroatoms. The number of amides is 1. The number of hydrogen-bond donors (Lipinski definition) is 2. The van der Waals surface area contributed by atoms with Crippen LogP contribution in [0.4, 0.5) is 5.13 Å². The lowest BCUT2D eigenvalue weighted by Gasteiger charge is -2.68. The Bertz CT molecular complexity index is 1300. The van der Waals surface area contributed by atoms with Crippen LogP contribution in [0.2, 0.25) is 0 Å². The Kier molecular flexibility index (Phi) is 5.80. The normalized spacial score (nSPS) is 32.1. The van der Waals surface area contributed by atoms with E-state index in [0.717, 1.165) is 59.4 Å². The molecule has 0 radical (unpaired) electrons. The van der Waals surface area contributed by atoms with Crippen molar-refractivity contribution in [3.63, 3.8) is 0 Å². The minimum Gasteiger partial charge on any atom is -0.390 e. The Balaban J connectivity index is 0.956. The topological polar surface area (TPSA) is 100 Å². The maximum atomic E-state index is 12.9. The van der Waals surface area contributed by atoms with E-state index in [4.69, 9.17) is 4.74 Å². The molecule has 2 N–H and O–H groups in total. The number of nitrogens with one attached hydrogen (secondary N) is 1. The third kappa shape index (κ3) is 4.26. The molecular formula is C28H33N5O3S. The first-order valence-corrected chi connectivity index (χ1v) is 14.3. The minimum absolute atomic E-state index is 0.0824. The fraction of sp³-hybridized carbons (Fsp3) is 0.571. The number of fused-ring (bicyclic) bond motifs is 1. The molecule has 0 unspecified atom stereocenters. The van der Waals surface area contributed by atoms with Crippen molar-refractivity contribution in [2.24, 2.45) is 11.8 Å². The highest BCUT2D eigenvalue weighted by Gasteiger charge is 2.61. The van der Waals surface area contributed by atoms with E-state index < -0.39 is 0 Å². The van der Waals surface area contributed by atoms with Crippen LogP contribution in [0.15, 0.2) is 30.6 Å². The molecule has 0 saturated heterocycles. The van der Waals surface area contributed by atoms with Crippen molar-refractivity contribution in [1.82, 2.24) is 19.9 Å². The van der Waals surface area contributed by atoms with Gasteiger partial charge in [-0.15, -0.1) is 0 Å². The van der Waals surface area contributed by atoms with Crippen LogP contribution in [0.3, 0.4) is 0 Å². The molecule has 0 aliphatic heterocycles. The van der Waals surface area contributed by atoms with Gasteiger partial charge in [0.1, 0.15) is 6.61 Å². The van der Waals surface area contributed by atoms with Crippen LogP contribution in [-0.4, -0.2) is 61.7 Å². The maximum Gasteiger partial charge on any atom is 0.229 e. The standard InChI is InChI=1S/C28H33N5O3S/c1-33(28-10-16(11-28)12-28)20-7-18(8-20)26(35)32-27-31-21-6-5-17(9-24(21)37-27)19-13-29-25(30-14-19)15-36-23-4-2-3-22(23)34/h5-6,9,13-14,16,18,20,22-23,34H,2-4,7-8,10-12,15H2,1H3,(H,31,32,35)/t16?,18?,20?,22-,23-,28?/m0/s1. The van der Waals surface area contributed by atoms with Gasteiger partial charge in [-0.25, -0.2) is 15.0 Å². The lowest BCUT2D eigenvalue weighted by Crippen LogP contribution is -2.70. The lowest BCUT2D eigenvalue weighted by molar-refractivity contribution is -0.167. The summed E-state index contributed by atoms with van der Waals surface area (Å²) >= 11 is 1.50. The van der Waals surface area contributed by atoms with Gasteiger partial charge in [-0.1, -0.05) is 17.4 Å². The number of anilines is 1. The van der Waals surface area contributed by atoms with Gasteiger partial charge in [0.2, 0.25) is 5.91 Å². The zero-order valence-electron chi connectivity index (χ0n) is 21.1. The average Bonchev–Trinajstić information content (AvgIpc) is 3.39. The van der Waals surface area contributed by atoms with Gasteiger partial charge in [0, 0.05) is 35.5 Å². The molecule has 5 aliphatic rings. The lowest BCUT2D eigenvalue weighted by atomic mass is 9.48.